The van der Waals surface area contributed by atoms with E-state index in [1.165, 1.54) is 0 Å². The first kappa shape index (κ1) is 29.3. The molecule has 176 valence electrons. The van der Waals surface area contributed by atoms with Crippen LogP contribution in [0, 0.1) is 23.7 Å². The van der Waals surface area contributed by atoms with E-state index in [1.807, 2.05) is 13.8 Å². The van der Waals surface area contributed by atoms with Crippen molar-refractivity contribution in [2.75, 3.05) is 0 Å². The topological polar surface area (TPSA) is 115 Å². The molecular weight excluding hydrogens is 410 g/mol. The molecule has 0 saturated heterocycles. The summed E-state index contributed by atoms with van der Waals surface area (Å²) in [6.45, 7) is 12.6. The first-order valence-corrected chi connectivity index (χ1v) is 14.5. The van der Waals surface area contributed by atoms with Gasteiger partial charge in [-0.25, -0.2) is 0 Å². The van der Waals surface area contributed by atoms with Crippen molar-refractivity contribution < 1.29 is 28.7 Å². The quantitative estimate of drug-likeness (QED) is 0.196. The molecule has 2 unspecified atom stereocenters. The highest BCUT2D eigenvalue weighted by molar-refractivity contribution is 7.72. The van der Waals surface area contributed by atoms with Crippen LogP contribution in [0.1, 0.15) is 106 Å². The molecule has 0 rings (SSSR count). The molecule has 0 aliphatic rings. The van der Waals surface area contributed by atoms with Crippen molar-refractivity contribution in [3.8, 4) is 0 Å². The van der Waals surface area contributed by atoms with E-state index in [-0.39, 0.29) is 24.7 Å². The summed E-state index contributed by atoms with van der Waals surface area (Å²) in [6.07, 6.45) is 6.57. The molecule has 0 amide bonds. The maximum atomic E-state index is 12.3. The van der Waals surface area contributed by atoms with Gasteiger partial charge in [0.15, 0.2) is 4.90 Å². The first-order chi connectivity index (χ1) is 13.1. The van der Waals surface area contributed by atoms with Crippen molar-refractivity contribution in [1.82, 2.24) is 0 Å². The minimum Gasteiger partial charge on any atom is -0.324 e. The van der Waals surface area contributed by atoms with Crippen LogP contribution in [-0.4, -0.2) is 24.5 Å². The van der Waals surface area contributed by atoms with Gasteiger partial charge in [-0.2, -0.15) is 0 Å². The molecule has 0 saturated carbocycles. The summed E-state index contributed by atoms with van der Waals surface area (Å²) < 4.78 is 24.7. The second-order valence-corrected chi connectivity index (χ2v) is 14.2. The standard InChI is InChI=1S/C21H46O6P2/c1-17(2)9-7-11-19(5)13-15-21(28(22,23)24,29(25,26)27)16-14-20(6)12-8-10-18(3)4/h17-20H,7-16H2,1-6H3,(H2,22,23,24)(H2,25,26,27). The van der Waals surface area contributed by atoms with Crippen LogP contribution in [0.4, 0.5) is 0 Å². The lowest BCUT2D eigenvalue weighted by Crippen LogP contribution is -2.30. The summed E-state index contributed by atoms with van der Waals surface area (Å²) in [7, 11) is -9.97. The molecule has 0 aromatic rings. The van der Waals surface area contributed by atoms with E-state index < -0.39 is 20.1 Å². The third-order valence-corrected chi connectivity index (χ3v) is 10.7. The lowest BCUT2D eigenvalue weighted by molar-refractivity contribution is 0.275. The van der Waals surface area contributed by atoms with Crippen molar-refractivity contribution in [3.05, 3.63) is 0 Å². The first-order valence-electron chi connectivity index (χ1n) is 11.2. The smallest absolute Gasteiger partial charge is 0.324 e. The summed E-state index contributed by atoms with van der Waals surface area (Å²) in [5.74, 6) is 1.55. The predicted molar refractivity (Wildman–Crippen MR) is 121 cm³/mol. The summed E-state index contributed by atoms with van der Waals surface area (Å²) in [6, 6.07) is 0. The van der Waals surface area contributed by atoms with Crippen molar-refractivity contribution in [2.24, 2.45) is 23.7 Å². The molecular formula is C21H46O6P2. The maximum absolute atomic E-state index is 12.3. The Morgan fingerprint density at radius 1 is 0.586 bits per heavy atom. The van der Waals surface area contributed by atoms with Crippen LogP contribution in [0.25, 0.3) is 0 Å². The Labute approximate surface area is 178 Å². The molecule has 0 aliphatic carbocycles. The van der Waals surface area contributed by atoms with Gasteiger partial charge in [-0.3, -0.25) is 9.13 Å². The summed E-state index contributed by atoms with van der Waals surface area (Å²) in [5.41, 5.74) is 0. The lowest BCUT2D eigenvalue weighted by Gasteiger charge is -2.36. The van der Waals surface area contributed by atoms with Crippen LogP contribution < -0.4 is 0 Å². The highest BCUT2D eigenvalue weighted by Crippen LogP contribution is 2.73. The molecule has 4 N–H and O–H groups in total. The third kappa shape index (κ3) is 10.9. The van der Waals surface area contributed by atoms with Crippen LogP contribution in [0.2, 0.25) is 0 Å². The average Bonchev–Trinajstić information content (AvgIpc) is 2.51. The molecule has 0 aromatic carbocycles. The highest BCUT2D eigenvalue weighted by atomic mass is 31.2. The minimum atomic E-state index is -4.99. The van der Waals surface area contributed by atoms with Crippen LogP contribution in [0.15, 0.2) is 0 Å². The molecule has 0 heterocycles. The molecule has 29 heavy (non-hydrogen) atoms. The molecule has 0 aromatic heterocycles. The maximum Gasteiger partial charge on any atom is 0.343 e. The summed E-state index contributed by atoms with van der Waals surface area (Å²) >= 11 is 0. The van der Waals surface area contributed by atoms with Gasteiger partial charge in [0, 0.05) is 0 Å². The molecule has 0 aliphatic heterocycles. The largest absolute Gasteiger partial charge is 0.343 e. The van der Waals surface area contributed by atoms with E-state index in [2.05, 4.69) is 27.7 Å². The van der Waals surface area contributed by atoms with Crippen molar-refractivity contribution >= 4 is 15.2 Å². The second-order valence-electron chi connectivity index (χ2n) is 10.0. The van der Waals surface area contributed by atoms with E-state index in [0.717, 1.165) is 38.5 Å². The van der Waals surface area contributed by atoms with Crippen molar-refractivity contribution in [1.29, 1.82) is 0 Å². The van der Waals surface area contributed by atoms with Crippen LogP contribution in [-0.2, 0) is 9.13 Å². The van der Waals surface area contributed by atoms with Gasteiger partial charge >= 0.3 is 15.2 Å². The Morgan fingerprint density at radius 2 is 0.897 bits per heavy atom. The monoisotopic (exact) mass is 456 g/mol. The van der Waals surface area contributed by atoms with Gasteiger partial charge in [0.05, 0.1) is 0 Å². The molecule has 2 atom stereocenters. The second kappa shape index (κ2) is 13.0. The van der Waals surface area contributed by atoms with Crippen LogP contribution in [0.5, 0.6) is 0 Å². The Hall–Kier alpha value is 0.300. The van der Waals surface area contributed by atoms with Crippen molar-refractivity contribution in [2.45, 2.75) is 111 Å². The Bertz CT molecular complexity index is 489. The van der Waals surface area contributed by atoms with Crippen molar-refractivity contribution in [3.63, 3.8) is 0 Å². The van der Waals surface area contributed by atoms with E-state index in [4.69, 9.17) is 0 Å². The van der Waals surface area contributed by atoms with E-state index >= 15 is 0 Å². The zero-order chi connectivity index (χ0) is 22.9. The van der Waals surface area contributed by atoms with Gasteiger partial charge < -0.3 is 19.6 Å². The summed E-state index contributed by atoms with van der Waals surface area (Å²) in [4.78, 5) is 37.8. The number of hydrogen-bond donors (Lipinski definition) is 4. The minimum absolute atomic E-state index is 0.136. The normalized spacial score (nSPS) is 15.9. The molecule has 8 heteroatoms. The zero-order valence-corrected chi connectivity index (χ0v) is 21.2. The predicted octanol–water partition coefficient (Wildman–Crippen LogP) is 6.52. The molecule has 0 fully saturated rings. The fraction of sp³-hybridized carbons (Fsp3) is 1.00. The number of hydrogen-bond acceptors (Lipinski definition) is 2. The molecule has 6 nitrogen and oxygen atoms in total. The Kier molecular flexibility index (Phi) is 13.1. The van der Waals surface area contributed by atoms with Gasteiger partial charge in [-0.1, -0.05) is 80.1 Å². The third-order valence-electron chi connectivity index (χ3n) is 6.12. The van der Waals surface area contributed by atoms with E-state index in [9.17, 15) is 28.7 Å². The van der Waals surface area contributed by atoms with Crippen LogP contribution >= 0.6 is 15.2 Å². The number of rotatable bonds is 16. The van der Waals surface area contributed by atoms with E-state index in [0.29, 0.717) is 24.7 Å². The average molecular weight is 457 g/mol. The SMILES string of the molecule is CC(C)CCCC(C)CCC(CCC(C)CCCC(C)C)(P(=O)(O)O)P(=O)(O)O. The zero-order valence-electron chi connectivity index (χ0n) is 19.4. The summed E-state index contributed by atoms with van der Waals surface area (Å²) in [5, 5.41) is 0. The highest BCUT2D eigenvalue weighted by Gasteiger charge is 2.59. The lowest BCUT2D eigenvalue weighted by atomic mass is 9.92. The van der Waals surface area contributed by atoms with Gasteiger partial charge in [-0.15, -0.1) is 0 Å². The van der Waals surface area contributed by atoms with Gasteiger partial charge in [-0.05, 0) is 49.4 Å². The Balaban J connectivity index is 5.13. The Morgan fingerprint density at radius 3 is 1.14 bits per heavy atom. The molecule has 0 radical (unpaired) electrons. The fourth-order valence-electron chi connectivity index (χ4n) is 3.87. The van der Waals surface area contributed by atoms with Crippen LogP contribution in [0.3, 0.4) is 0 Å². The van der Waals surface area contributed by atoms with Gasteiger partial charge in [0.2, 0.25) is 0 Å². The van der Waals surface area contributed by atoms with Gasteiger partial charge in [0.1, 0.15) is 0 Å². The van der Waals surface area contributed by atoms with Gasteiger partial charge in [0.25, 0.3) is 0 Å². The fourth-order valence-corrected chi connectivity index (χ4v) is 6.91. The molecule has 0 spiro atoms. The van der Waals surface area contributed by atoms with E-state index in [1.54, 1.807) is 0 Å². The molecule has 0 bridgehead atoms.